The first-order chi connectivity index (χ1) is 8.67. The van der Waals surface area contributed by atoms with Gasteiger partial charge in [0.05, 0.1) is 5.03 Å². The molecule has 4 heteroatoms. The first kappa shape index (κ1) is 12.8. The van der Waals surface area contributed by atoms with Gasteiger partial charge in [0.15, 0.2) is 0 Å². The number of rotatable bonds is 3. The molecule has 2 rings (SSSR count). The van der Waals surface area contributed by atoms with E-state index in [0.717, 1.165) is 6.29 Å². The highest BCUT2D eigenvalue weighted by atomic mass is 35.5. The summed E-state index contributed by atoms with van der Waals surface area (Å²) in [4.78, 5) is 13.0. The Kier molecular flexibility index (Phi) is 3.82. The molecule has 1 heterocycles. The third-order valence-corrected chi connectivity index (χ3v) is 3.41. The van der Waals surface area contributed by atoms with Crippen molar-refractivity contribution in [2.75, 3.05) is 18.0 Å². The fourth-order valence-electron chi connectivity index (χ4n) is 2.07. The van der Waals surface area contributed by atoms with E-state index in [1.807, 2.05) is 4.90 Å². The van der Waals surface area contributed by atoms with Gasteiger partial charge in [-0.15, -0.1) is 6.58 Å². The van der Waals surface area contributed by atoms with E-state index in [0.29, 0.717) is 41.4 Å². The highest BCUT2D eigenvalue weighted by molar-refractivity contribution is 6.51. The lowest BCUT2D eigenvalue weighted by Crippen LogP contribution is -2.24. The summed E-state index contributed by atoms with van der Waals surface area (Å²) in [7, 11) is 0. The smallest absolute Gasteiger partial charge is 0.147 e. The van der Waals surface area contributed by atoms with Crippen LogP contribution in [0.3, 0.4) is 0 Å². The molecule has 0 saturated carbocycles. The van der Waals surface area contributed by atoms with Crippen molar-refractivity contribution in [3.05, 3.63) is 47.8 Å². The van der Waals surface area contributed by atoms with Crippen molar-refractivity contribution < 1.29 is 9.18 Å². The molecule has 0 bridgehead atoms. The Bertz CT molecular complexity index is 525. The van der Waals surface area contributed by atoms with Gasteiger partial charge in [-0.25, -0.2) is 4.39 Å². The standard InChI is InChI=1S/C14H13ClFNO/c1-2-6-17-7-5-10(9-18)14(15)12-4-3-11(16)8-13(12)17/h2-4,8-9H,1,5-7H2. The molecule has 0 saturated heterocycles. The molecule has 1 aliphatic heterocycles. The van der Waals surface area contributed by atoms with Gasteiger partial charge in [-0.1, -0.05) is 17.7 Å². The van der Waals surface area contributed by atoms with Gasteiger partial charge in [0.2, 0.25) is 0 Å². The molecule has 94 valence electrons. The lowest BCUT2D eigenvalue weighted by atomic mass is 10.1. The molecule has 18 heavy (non-hydrogen) atoms. The molecule has 0 aromatic heterocycles. The maximum Gasteiger partial charge on any atom is 0.147 e. The van der Waals surface area contributed by atoms with E-state index in [1.165, 1.54) is 12.1 Å². The summed E-state index contributed by atoms with van der Waals surface area (Å²) in [5.74, 6) is -0.318. The first-order valence-corrected chi connectivity index (χ1v) is 6.04. The predicted octanol–water partition coefficient (Wildman–Crippen LogP) is 3.37. The van der Waals surface area contributed by atoms with Crippen molar-refractivity contribution in [2.24, 2.45) is 0 Å². The maximum absolute atomic E-state index is 13.4. The maximum atomic E-state index is 13.4. The second-order valence-electron chi connectivity index (χ2n) is 4.10. The number of hydrogen-bond acceptors (Lipinski definition) is 2. The second kappa shape index (κ2) is 5.36. The average Bonchev–Trinajstić information content (AvgIpc) is 2.49. The minimum Gasteiger partial charge on any atom is -0.367 e. The normalized spacial score (nSPS) is 15.1. The van der Waals surface area contributed by atoms with E-state index < -0.39 is 0 Å². The number of carbonyl (C=O) groups is 1. The molecule has 2 nitrogen and oxygen atoms in total. The van der Waals surface area contributed by atoms with E-state index in [-0.39, 0.29) is 5.82 Å². The second-order valence-corrected chi connectivity index (χ2v) is 4.48. The molecule has 0 N–H and O–H groups in total. The zero-order valence-electron chi connectivity index (χ0n) is 9.83. The quantitative estimate of drug-likeness (QED) is 0.617. The van der Waals surface area contributed by atoms with E-state index in [2.05, 4.69) is 6.58 Å². The van der Waals surface area contributed by atoms with Crippen LogP contribution in [0.15, 0.2) is 36.4 Å². The fraction of sp³-hybridized carbons (Fsp3) is 0.214. The molecular weight excluding hydrogens is 253 g/mol. The Morgan fingerprint density at radius 1 is 1.50 bits per heavy atom. The number of benzene rings is 1. The van der Waals surface area contributed by atoms with Crippen LogP contribution in [-0.4, -0.2) is 19.4 Å². The van der Waals surface area contributed by atoms with Crippen LogP contribution < -0.4 is 4.90 Å². The van der Waals surface area contributed by atoms with Crippen molar-refractivity contribution in [3.8, 4) is 0 Å². The molecule has 1 aromatic carbocycles. The van der Waals surface area contributed by atoms with Gasteiger partial charge in [-0.05, 0) is 24.6 Å². The van der Waals surface area contributed by atoms with Crippen LogP contribution in [0.25, 0.3) is 5.03 Å². The van der Waals surface area contributed by atoms with Crippen molar-refractivity contribution in [1.82, 2.24) is 0 Å². The van der Waals surface area contributed by atoms with Crippen LogP contribution in [0.1, 0.15) is 12.0 Å². The largest absolute Gasteiger partial charge is 0.367 e. The Morgan fingerprint density at radius 3 is 2.94 bits per heavy atom. The fourth-order valence-corrected chi connectivity index (χ4v) is 2.37. The monoisotopic (exact) mass is 265 g/mol. The van der Waals surface area contributed by atoms with Gasteiger partial charge in [0.25, 0.3) is 0 Å². The minimum absolute atomic E-state index is 0.318. The summed E-state index contributed by atoms with van der Waals surface area (Å²) >= 11 is 6.21. The van der Waals surface area contributed by atoms with E-state index >= 15 is 0 Å². The van der Waals surface area contributed by atoms with Crippen LogP contribution in [-0.2, 0) is 4.79 Å². The van der Waals surface area contributed by atoms with Crippen LogP contribution >= 0.6 is 11.6 Å². The Labute approximate surface area is 110 Å². The molecule has 0 atom stereocenters. The molecular formula is C14H13ClFNO. The Balaban J connectivity index is 2.58. The highest BCUT2D eigenvalue weighted by Crippen LogP contribution is 2.36. The zero-order valence-corrected chi connectivity index (χ0v) is 10.6. The lowest BCUT2D eigenvalue weighted by Gasteiger charge is -2.23. The van der Waals surface area contributed by atoms with Crippen molar-refractivity contribution in [1.29, 1.82) is 0 Å². The molecule has 0 amide bonds. The van der Waals surface area contributed by atoms with Crippen molar-refractivity contribution in [2.45, 2.75) is 6.42 Å². The number of carbonyl (C=O) groups excluding carboxylic acids is 1. The third-order valence-electron chi connectivity index (χ3n) is 2.96. The number of hydrogen-bond donors (Lipinski definition) is 0. The van der Waals surface area contributed by atoms with Gasteiger partial charge >= 0.3 is 0 Å². The highest BCUT2D eigenvalue weighted by Gasteiger charge is 2.20. The first-order valence-electron chi connectivity index (χ1n) is 5.67. The number of halogens is 2. The predicted molar refractivity (Wildman–Crippen MR) is 72.3 cm³/mol. The summed E-state index contributed by atoms with van der Waals surface area (Å²) in [5, 5.41) is 0.409. The molecule has 0 radical (unpaired) electrons. The van der Waals surface area contributed by atoms with E-state index in [9.17, 15) is 9.18 Å². The Hall–Kier alpha value is -1.61. The van der Waals surface area contributed by atoms with Crippen molar-refractivity contribution in [3.63, 3.8) is 0 Å². The van der Waals surface area contributed by atoms with Gasteiger partial charge in [0.1, 0.15) is 12.1 Å². The van der Waals surface area contributed by atoms with E-state index in [1.54, 1.807) is 12.1 Å². The minimum atomic E-state index is -0.318. The van der Waals surface area contributed by atoms with Crippen molar-refractivity contribution >= 4 is 28.6 Å². The van der Waals surface area contributed by atoms with Crippen LogP contribution in [0.4, 0.5) is 10.1 Å². The van der Waals surface area contributed by atoms with Gasteiger partial charge in [0, 0.05) is 29.9 Å². The lowest BCUT2D eigenvalue weighted by molar-refractivity contribution is -0.104. The van der Waals surface area contributed by atoms with Gasteiger partial charge in [-0.3, -0.25) is 4.79 Å². The van der Waals surface area contributed by atoms with Gasteiger partial charge in [-0.2, -0.15) is 0 Å². The topological polar surface area (TPSA) is 20.3 Å². The number of anilines is 1. The van der Waals surface area contributed by atoms with E-state index in [4.69, 9.17) is 11.6 Å². The number of aldehydes is 1. The molecule has 0 aliphatic carbocycles. The summed E-state index contributed by atoms with van der Waals surface area (Å²) in [5.41, 5.74) is 1.95. The molecule has 0 spiro atoms. The summed E-state index contributed by atoms with van der Waals surface area (Å²) in [6, 6.07) is 4.40. The van der Waals surface area contributed by atoms with Crippen LogP contribution in [0, 0.1) is 5.82 Å². The SMILES string of the molecule is C=CCN1CCC(C=O)=C(Cl)c2ccc(F)cc21. The Morgan fingerprint density at radius 2 is 2.28 bits per heavy atom. The summed E-state index contributed by atoms with van der Waals surface area (Å²) < 4.78 is 13.4. The van der Waals surface area contributed by atoms with Crippen LogP contribution in [0.2, 0.25) is 0 Å². The van der Waals surface area contributed by atoms with Gasteiger partial charge < -0.3 is 4.90 Å². The summed E-state index contributed by atoms with van der Waals surface area (Å²) in [6.07, 6.45) is 3.06. The number of nitrogens with zero attached hydrogens (tertiary/aromatic N) is 1. The third kappa shape index (κ3) is 2.31. The van der Waals surface area contributed by atoms with Crippen LogP contribution in [0.5, 0.6) is 0 Å². The molecule has 1 aliphatic rings. The molecule has 0 fully saturated rings. The molecule has 0 unspecified atom stereocenters. The zero-order chi connectivity index (χ0) is 13.1. The summed E-state index contributed by atoms with van der Waals surface area (Å²) in [6.45, 7) is 4.90. The average molecular weight is 266 g/mol. The number of fused-ring (bicyclic) bond motifs is 1. The molecule has 1 aromatic rings.